The molecule has 0 fully saturated rings. The van der Waals surface area contributed by atoms with Crippen molar-refractivity contribution in [2.75, 3.05) is 13.7 Å². The number of ether oxygens (including phenoxy) is 1. The molecule has 0 aliphatic carbocycles. The number of nitrogens with one attached hydrogen (secondary N) is 2. The van der Waals surface area contributed by atoms with Gasteiger partial charge in [0.05, 0.1) is 18.7 Å². The highest BCUT2D eigenvalue weighted by molar-refractivity contribution is 7.89. The monoisotopic (exact) mass is 410 g/mol. The second-order valence-corrected chi connectivity index (χ2v) is 7.76. The Balaban J connectivity index is 2.71. The van der Waals surface area contributed by atoms with E-state index in [1.54, 1.807) is 0 Å². The van der Waals surface area contributed by atoms with Crippen LogP contribution in [-0.4, -0.2) is 40.0 Å². The van der Waals surface area contributed by atoms with Crippen LogP contribution >= 0.6 is 23.2 Å². The van der Waals surface area contributed by atoms with Crippen molar-refractivity contribution < 1.29 is 22.7 Å². The number of carbonyl (C=O) groups is 2. The first-order valence-corrected chi connectivity index (χ1v) is 9.77. The normalized spacial score (nSPS) is 12.5. The third-order valence-electron chi connectivity index (χ3n) is 3.27. The molecule has 0 heterocycles. The molecule has 0 aliphatic heterocycles. The summed E-state index contributed by atoms with van der Waals surface area (Å²) in [5.74, 6) is -1.23. The predicted octanol–water partition coefficient (Wildman–Crippen LogP) is 2.12. The zero-order valence-corrected chi connectivity index (χ0v) is 16.2. The third-order valence-corrected chi connectivity index (χ3v) is 5.39. The van der Waals surface area contributed by atoms with Crippen LogP contribution in [0.3, 0.4) is 0 Å². The molecule has 0 bridgehead atoms. The highest BCUT2D eigenvalue weighted by Gasteiger charge is 2.23. The average Bonchev–Trinajstić information content (AvgIpc) is 2.55. The van der Waals surface area contributed by atoms with Gasteiger partial charge in [-0.2, -0.15) is 0 Å². The van der Waals surface area contributed by atoms with E-state index in [9.17, 15) is 18.0 Å². The lowest BCUT2D eigenvalue weighted by molar-refractivity contribution is -0.145. The number of benzene rings is 1. The van der Waals surface area contributed by atoms with Crippen LogP contribution in [0.15, 0.2) is 23.1 Å². The Hall–Kier alpha value is -1.35. The van der Waals surface area contributed by atoms with Crippen molar-refractivity contribution in [1.29, 1.82) is 0 Å². The first kappa shape index (κ1) is 21.7. The highest BCUT2D eigenvalue weighted by Crippen LogP contribution is 2.24. The molecule has 1 aromatic carbocycles. The van der Waals surface area contributed by atoms with Crippen LogP contribution in [0.4, 0.5) is 0 Å². The molecular formula is C15H20Cl2N2O5S. The van der Waals surface area contributed by atoms with Crippen molar-refractivity contribution in [3.63, 3.8) is 0 Å². The second kappa shape index (κ2) is 9.96. The van der Waals surface area contributed by atoms with Crippen LogP contribution in [0.5, 0.6) is 0 Å². The van der Waals surface area contributed by atoms with Gasteiger partial charge in [0.2, 0.25) is 15.9 Å². The van der Waals surface area contributed by atoms with E-state index >= 15 is 0 Å². The van der Waals surface area contributed by atoms with E-state index in [-0.39, 0.29) is 9.92 Å². The number of amides is 1. The lowest BCUT2D eigenvalue weighted by Crippen LogP contribution is -2.45. The van der Waals surface area contributed by atoms with Crippen molar-refractivity contribution in [2.45, 2.75) is 37.1 Å². The third kappa shape index (κ3) is 6.81. The Morgan fingerprint density at radius 2 is 1.96 bits per heavy atom. The number of halogens is 2. The van der Waals surface area contributed by atoms with E-state index in [1.165, 1.54) is 25.3 Å². The summed E-state index contributed by atoms with van der Waals surface area (Å²) in [5.41, 5.74) is 0. The minimum atomic E-state index is -4.00. The van der Waals surface area contributed by atoms with Crippen molar-refractivity contribution in [3.8, 4) is 0 Å². The number of esters is 1. The van der Waals surface area contributed by atoms with Gasteiger partial charge in [-0.05, 0) is 24.6 Å². The summed E-state index contributed by atoms with van der Waals surface area (Å²) >= 11 is 11.6. The molecule has 1 unspecified atom stereocenters. The molecule has 0 saturated carbocycles. The number of sulfonamides is 1. The fourth-order valence-electron chi connectivity index (χ4n) is 1.98. The number of rotatable bonds is 9. The van der Waals surface area contributed by atoms with Gasteiger partial charge in [0.25, 0.3) is 0 Å². The largest absolute Gasteiger partial charge is 0.467 e. The average molecular weight is 411 g/mol. The summed E-state index contributed by atoms with van der Waals surface area (Å²) in [6.07, 6.45) is 1.96. The Morgan fingerprint density at radius 1 is 1.28 bits per heavy atom. The smallest absolute Gasteiger partial charge is 0.328 e. The molecule has 2 N–H and O–H groups in total. The molecule has 140 valence electrons. The zero-order valence-electron chi connectivity index (χ0n) is 13.8. The molecule has 0 radical (unpaired) electrons. The van der Waals surface area contributed by atoms with Gasteiger partial charge >= 0.3 is 5.97 Å². The quantitative estimate of drug-likeness (QED) is 0.607. The number of unbranched alkanes of at least 4 members (excludes halogenated alkanes) is 1. The molecule has 0 saturated heterocycles. The summed E-state index contributed by atoms with van der Waals surface area (Å²) in [6, 6.07) is 3.08. The second-order valence-electron chi connectivity index (χ2n) is 5.18. The van der Waals surface area contributed by atoms with Gasteiger partial charge in [-0.25, -0.2) is 17.9 Å². The molecule has 0 aliphatic rings. The maximum absolute atomic E-state index is 12.2. The minimum Gasteiger partial charge on any atom is -0.467 e. The summed E-state index contributed by atoms with van der Waals surface area (Å²) in [4.78, 5) is 23.4. The van der Waals surface area contributed by atoms with Gasteiger partial charge < -0.3 is 10.1 Å². The van der Waals surface area contributed by atoms with Gasteiger partial charge in [0.1, 0.15) is 10.9 Å². The molecular weight excluding hydrogens is 391 g/mol. The lowest BCUT2D eigenvalue weighted by atomic mass is 10.1. The molecule has 25 heavy (non-hydrogen) atoms. The fraction of sp³-hybridized carbons (Fsp3) is 0.467. The Morgan fingerprint density at radius 3 is 2.52 bits per heavy atom. The maximum Gasteiger partial charge on any atom is 0.328 e. The molecule has 1 amide bonds. The first-order chi connectivity index (χ1) is 11.7. The van der Waals surface area contributed by atoms with Crippen molar-refractivity contribution in [3.05, 3.63) is 28.2 Å². The summed E-state index contributed by atoms with van der Waals surface area (Å²) in [6.45, 7) is 1.40. The number of hydrogen-bond acceptors (Lipinski definition) is 5. The van der Waals surface area contributed by atoms with Crippen LogP contribution in [0, 0.1) is 0 Å². The summed E-state index contributed by atoms with van der Waals surface area (Å²) in [5, 5.41) is 2.69. The number of methoxy groups -OCH3 is 1. The fourth-order valence-corrected chi connectivity index (χ4v) is 3.73. The Labute approximate surface area is 157 Å². The number of hydrogen-bond donors (Lipinski definition) is 2. The molecule has 0 spiro atoms. The summed E-state index contributed by atoms with van der Waals surface area (Å²) < 4.78 is 31.2. The van der Waals surface area contributed by atoms with Gasteiger partial charge in [-0.3, -0.25) is 4.79 Å². The van der Waals surface area contributed by atoms with E-state index in [0.717, 1.165) is 6.42 Å². The van der Waals surface area contributed by atoms with E-state index in [1.807, 2.05) is 6.92 Å². The van der Waals surface area contributed by atoms with Crippen molar-refractivity contribution in [2.24, 2.45) is 0 Å². The zero-order chi connectivity index (χ0) is 19.0. The molecule has 1 atom stereocenters. The van der Waals surface area contributed by atoms with Crippen molar-refractivity contribution in [1.82, 2.24) is 10.0 Å². The van der Waals surface area contributed by atoms with E-state index < -0.39 is 34.5 Å². The molecule has 7 nitrogen and oxygen atoms in total. The standard InChI is InChI=1S/C15H20Cl2N2O5S/c1-3-4-5-12(15(21)24-2)19-14(20)9-18-25(22,23)13-7-6-10(16)8-11(13)17/h6-8,12,18H,3-5,9H2,1-2H3,(H,19,20). The maximum atomic E-state index is 12.2. The molecule has 0 aromatic heterocycles. The van der Waals surface area contributed by atoms with E-state index in [0.29, 0.717) is 17.9 Å². The lowest BCUT2D eigenvalue weighted by Gasteiger charge is -2.16. The van der Waals surface area contributed by atoms with E-state index in [2.05, 4.69) is 14.8 Å². The van der Waals surface area contributed by atoms with Crippen LogP contribution in [0.2, 0.25) is 10.0 Å². The van der Waals surface area contributed by atoms with Gasteiger partial charge in [-0.1, -0.05) is 43.0 Å². The molecule has 10 heteroatoms. The van der Waals surface area contributed by atoms with Crippen molar-refractivity contribution >= 4 is 45.1 Å². The summed E-state index contributed by atoms with van der Waals surface area (Å²) in [7, 11) is -2.78. The Kier molecular flexibility index (Phi) is 8.64. The van der Waals surface area contributed by atoms with E-state index in [4.69, 9.17) is 23.2 Å². The predicted molar refractivity (Wildman–Crippen MR) is 95.1 cm³/mol. The van der Waals surface area contributed by atoms with Crippen LogP contribution < -0.4 is 10.0 Å². The SMILES string of the molecule is CCCCC(NC(=O)CNS(=O)(=O)c1ccc(Cl)cc1Cl)C(=O)OC. The minimum absolute atomic E-state index is 0.0595. The van der Waals surface area contributed by atoms with Gasteiger partial charge in [0.15, 0.2) is 0 Å². The van der Waals surface area contributed by atoms with Crippen LogP contribution in [-0.2, 0) is 24.3 Å². The van der Waals surface area contributed by atoms with Crippen LogP contribution in [0.25, 0.3) is 0 Å². The van der Waals surface area contributed by atoms with Crippen LogP contribution in [0.1, 0.15) is 26.2 Å². The highest BCUT2D eigenvalue weighted by atomic mass is 35.5. The molecule has 1 rings (SSSR count). The van der Waals surface area contributed by atoms with Gasteiger partial charge in [0, 0.05) is 5.02 Å². The topological polar surface area (TPSA) is 102 Å². The first-order valence-electron chi connectivity index (χ1n) is 7.53. The number of carbonyl (C=O) groups excluding carboxylic acids is 2. The Bertz CT molecular complexity index is 725. The molecule has 1 aromatic rings. The van der Waals surface area contributed by atoms with Gasteiger partial charge in [-0.15, -0.1) is 0 Å².